The monoisotopic (exact) mass is 806 g/mol. The van der Waals surface area contributed by atoms with Crippen LogP contribution in [0.1, 0.15) is 38.2 Å². The maximum Gasteiger partial charge on any atom is 0.336 e. The van der Waals surface area contributed by atoms with Crippen LogP contribution in [0.5, 0.6) is 5.75 Å². The van der Waals surface area contributed by atoms with Crippen LogP contribution in [-0.2, 0) is 20.9 Å². The molecule has 2 spiro atoms. The predicted molar refractivity (Wildman–Crippen MR) is 236 cm³/mol. The summed E-state index contributed by atoms with van der Waals surface area (Å²) in [5.41, 5.74) is 6.86. The zero-order chi connectivity index (χ0) is 41.6. The van der Waals surface area contributed by atoms with Crippen molar-refractivity contribution in [1.82, 2.24) is 0 Å². The molecule has 2 atom stereocenters. The van der Waals surface area contributed by atoms with Crippen molar-refractivity contribution in [3.63, 3.8) is 0 Å². The Morgan fingerprint density at radius 3 is 2.02 bits per heavy atom. The molecule has 5 aliphatic rings. The zero-order valence-electron chi connectivity index (χ0n) is 32.4. The number of carboxylic acids is 1. The number of ketones is 1. The molecule has 5 N–H and O–H groups in total. The van der Waals surface area contributed by atoms with Gasteiger partial charge >= 0.3 is 5.97 Å². The highest BCUT2D eigenvalue weighted by Crippen LogP contribution is 2.57. The normalized spacial score (nSPS) is 20.0. The van der Waals surface area contributed by atoms with Gasteiger partial charge in [-0.05, 0) is 57.3 Å². The summed E-state index contributed by atoms with van der Waals surface area (Å²) >= 11 is 0. The number of carbonyl (C=O) groups excluding carboxylic acids is 2. The molecule has 13 rings (SSSR count). The summed E-state index contributed by atoms with van der Waals surface area (Å²) in [6.45, 7) is 0.410. The van der Waals surface area contributed by atoms with E-state index in [4.69, 9.17) is 9.73 Å². The van der Waals surface area contributed by atoms with Crippen molar-refractivity contribution in [2.24, 2.45) is 4.99 Å². The highest BCUT2D eigenvalue weighted by molar-refractivity contribution is 6.52. The number of hydrogen-bond acceptors (Lipinski definition) is 9. The van der Waals surface area contributed by atoms with Crippen LogP contribution in [0.2, 0.25) is 0 Å². The summed E-state index contributed by atoms with van der Waals surface area (Å²) in [7, 11) is 0. The smallest absolute Gasteiger partial charge is 0.336 e. The Kier molecular flexibility index (Phi) is 6.56. The summed E-state index contributed by atoms with van der Waals surface area (Å²) in [6.07, 6.45) is 0. The third-order valence-corrected chi connectivity index (χ3v) is 13.2. The van der Waals surface area contributed by atoms with Gasteiger partial charge < -0.3 is 30.9 Å². The van der Waals surface area contributed by atoms with Crippen LogP contribution in [-0.4, -0.2) is 28.4 Å². The van der Waals surface area contributed by atoms with Crippen molar-refractivity contribution in [2.75, 3.05) is 16.0 Å². The molecule has 10 heteroatoms. The number of rotatable bonds is 4. The number of allylic oxidation sites excluding steroid dienone is 2. The second-order valence-electron chi connectivity index (χ2n) is 16.1. The maximum absolute atomic E-state index is 15.0. The molecule has 62 heavy (non-hydrogen) atoms. The van der Waals surface area contributed by atoms with Gasteiger partial charge in [0.2, 0.25) is 5.78 Å². The van der Waals surface area contributed by atoms with E-state index in [-0.39, 0.29) is 28.3 Å². The summed E-state index contributed by atoms with van der Waals surface area (Å²) in [5.74, 6) is -1.26. The fourth-order valence-electron chi connectivity index (χ4n) is 10.8. The Morgan fingerprint density at radius 1 is 0.613 bits per heavy atom. The third kappa shape index (κ3) is 4.12. The first kappa shape index (κ1) is 34.4. The topological polar surface area (TPSA) is 149 Å². The Morgan fingerprint density at radius 2 is 1.26 bits per heavy atom. The average Bonchev–Trinajstić information content (AvgIpc) is 3.71. The van der Waals surface area contributed by atoms with E-state index in [1.807, 2.05) is 127 Å². The Balaban J connectivity index is 1.07. The van der Waals surface area contributed by atoms with Gasteiger partial charge in [0.05, 0.1) is 33.3 Å². The molecule has 0 saturated heterocycles. The van der Waals surface area contributed by atoms with E-state index < -0.39 is 17.3 Å². The molecule has 0 aromatic heterocycles. The van der Waals surface area contributed by atoms with E-state index in [1.165, 1.54) is 0 Å². The largest absolute Gasteiger partial charge is 0.506 e. The Hall–Kier alpha value is -8.50. The van der Waals surface area contributed by atoms with Crippen LogP contribution < -0.4 is 31.3 Å². The van der Waals surface area contributed by atoms with Gasteiger partial charge in [-0.2, -0.15) is 0 Å². The molecule has 0 saturated carbocycles. The Labute approximate surface area is 351 Å². The molecule has 8 aromatic carbocycles. The number of nitrogens with zero attached hydrogens (tertiary/aromatic N) is 1. The second kappa shape index (κ2) is 11.8. The van der Waals surface area contributed by atoms with Gasteiger partial charge in [-0.15, -0.1) is 0 Å². The number of anilines is 3. The van der Waals surface area contributed by atoms with Gasteiger partial charge in [-0.1, -0.05) is 121 Å². The minimum atomic E-state index is -1.24. The minimum absolute atomic E-state index is 0.130. The van der Waals surface area contributed by atoms with Crippen molar-refractivity contribution < 1.29 is 29.3 Å². The summed E-state index contributed by atoms with van der Waals surface area (Å²) < 4.78 is 5.61. The van der Waals surface area contributed by atoms with Crippen LogP contribution in [0, 0.1) is 0 Å². The first-order valence-corrected chi connectivity index (χ1v) is 20.2. The van der Waals surface area contributed by atoms with E-state index in [0.717, 1.165) is 66.3 Å². The summed E-state index contributed by atoms with van der Waals surface area (Å²) in [6, 6.07) is 45.9. The van der Waals surface area contributed by atoms with E-state index in [2.05, 4.69) is 16.0 Å². The molecule has 3 aliphatic carbocycles. The highest BCUT2D eigenvalue weighted by Gasteiger charge is 2.51. The van der Waals surface area contributed by atoms with E-state index >= 15 is 0 Å². The average molecular weight is 807 g/mol. The molecule has 2 unspecified atom stereocenters. The number of aromatic carboxylic acids is 1. The standard InChI is InChI=1S/C52H30N4O6/c57-25-62-39-20-8-14-31-29-12-2-4-17-36(29)52(45(31)39)54-38-19-6-10-27-22-24-33(47(56-52)41(27)38)43-48(58)42(49(43)59)32-23-21-26-9-5-18-37-40(26)46(32)55-51(53-37)35-16-3-1-11-28(35)30-13-7-15-34(44(30)51)50(60)61/h1-25,53-55,58H,(H,60,61). The van der Waals surface area contributed by atoms with Gasteiger partial charge in [0.1, 0.15) is 11.5 Å². The van der Waals surface area contributed by atoms with Crippen molar-refractivity contribution in [3.05, 3.63) is 195 Å². The fourth-order valence-corrected chi connectivity index (χ4v) is 10.8. The summed E-state index contributed by atoms with van der Waals surface area (Å²) in [5, 5.41) is 38.4. The maximum atomic E-state index is 15.0. The van der Waals surface area contributed by atoms with Crippen molar-refractivity contribution in [3.8, 4) is 28.0 Å². The number of aliphatic hydroxyl groups is 1. The fraction of sp³-hybridized carbons (Fsp3) is 0.0385. The van der Waals surface area contributed by atoms with Crippen LogP contribution in [0.4, 0.5) is 17.1 Å². The van der Waals surface area contributed by atoms with Gasteiger partial charge in [0, 0.05) is 49.6 Å². The number of aliphatic hydroxyl groups excluding tert-OH is 1. The highest BCUT2D eigenvalue weighted by atomic mass is 16.5. The SMILES string of the molecule is O=COc1cccc2c1C1(N=c3c(=C4C(=O)C(c5ccc6cccc7c6c5NC5(N7)c6ccccc6-c6cccc(C(=O)O)c65)=C4O)ccc4cccc(c34)N1)c1ccccc1-2. The van der Waals surface area contributed by atoms with Crippen LogP contribution in [0.3, 0.4) is 0 Å². The molecular weight excluding hydrogens is 777 g/mol. The second-order valence-corrected chi connectivity index (χ2v) is 16.1. The first-order chi connectivity index (χ1) is 30.3. The number of Topliss-reactive ketones (excluding diaryl/α,β-unsaturated/α-hetero) is 1. The zero-order valence-corrected chi connectivity index (χ0v) is 32.4. The number of ether oxygens (including phenoxy) is 1. The molecule has 2 heterocycles. The first-order valence-electron chi connectivity index (χ1n) is 20.2. The van der Waals surface area contributed by atoms with Crippen molar-refractivity contribution >= 4 is 68.0 Å². The molecule has 0 radical (unpaired) electrons. The molecule has 2 aliphatic heterocycles. The lowest BCUT2D eigenvalue weighted by molar-refractivity contribution is -0.120. The van der Waals surface area contributed by atoms with Gasteiger partial charge in [0.25, 0.3) is 6.47 Å². The third-order valence-electron chi connectivity index (χ3n) is 13.2. The van der Waals surface area contributed by atoms with Crippen molar-refractivity contribution in [1.29, 1.82) is 0 Å². The van der Waals surface area contributed by atoms with Gasteiger partial charge in [-0.25, -0.2) is 9.79 Å². The quantitative estimate of drug-likeness (QED) is 0.110. The van der Waals surface area contributed by atoms with E-state index in [0.29, 0.717) is 45.2 Å². The molecule has 8 aromatic rings. The lowest BCUT2D eigenvalue weighted by Gasteiger charge is -2.42. The van der Waals surface area contributed by atoms with Gasteiger partial charge in [-0.3, -0.25) is 9.59 Å². The van der Waals surface area contributed by atoms with Crippen LogP contribution in [0.15, 0.2) is 156 Å². The van der Waals surface area contributed by atoms with Crippen LogP contribution >= 0.6 is 0 Å². The summed E-state index contributed by atoms with van der Waals surface area (Å²) in [4.78, 5) is 45.3. The number of carbonyl (C=O) groups is 3. The Bertz CT molecular complexity index is 3650. The number of fused-ring (bicyclic) bond motifs is 10. The number of carboxylic acid groups (broad SMARTS) is 1. The van der Waals surface area contributed by atoms with Crippen molar-refractivity contribution in [2.45, 2.75) is 11.3 Å². The minimum Gasteiger partial charge on any atom is -0.506 e. The van der Waals surface area contributed by atoms with Crippen LogP contribution in [0.25, 0.3) is 54.9 Å². The number of benzene rings is 8. The molecule has 294 valence electrons. The number of nitrogens with one attached hydrogen (secondary N) is 3. The van der Waals surface area contributed by atoms with E-state index in [1.54, 1.807) is 18.2 Å². The lowest BCUT2D eigenvalue weighted by Crippen LogP contribution is -2.46. The number of hydrogen-bond donors (Lipinski definition) is 5. The molecule has 0 fully saturated rings. The predicted octanol–water partition coefficient (Wildman–Crippen LogP) is 8.58. The molecular formula is C52H30N4O6. The molecule has 0 bridgehead atoms. The van der Waals surface area contributed by atoms with Gasteiger partial charge in [0.15, 0.2) is 11.3 Å². The molecule has 0 amide bonds. The molecule has 10 nitrogen and oxygen atoms in total. The lowest BCUT2D eigenvalue weighted by atomic mass is 9.79. The van der Waals surface area contributed by atoms with E-state index in [9.17, 15) is 24.6 Å².